The summed E-state index contributed by atoms with van der Waals surface area (Å²) in [6.07, 6.45) is 7.34. The standard InChI is InChI=1S/C16H23NO/c1-2-13-18-16-10-6-5-9-15(16)14-17-11-7-3-4-8-12-17/h2,5-6,9-10H,1,3-4,7-8,11-14H2/p+1. The number of nitrogens with one attached hydrogen (secondary N) is 1. The van der Waals surface area contributed by atoms with Gasteiger partial charge in [-0.1, -0.05) is 24.8 Å². The lowest BCUT2D eigenvalue weighted by molar-refractivity contribution is -0.913. The van der Waals surface area contributed by atoms with Crippen LogP contribution in [0.2, 0.25) is 0 Å². The topological polar surface area (TPSA) is 13.7 Å². The van der Waals surface area contributed by atoms with E-state index in [4.69, 9.17) is 4.74 Å². The van der Waals surface area contributed by atoms with Crippen molar-refractivity contribution in [3.63, 3.8) is 0 Å². The number of rotatable bonds is 5. The molecule has 0 atom stereocenters. The summed E-state index contributed by atoms with van der Waals surface area (Å²) in [5, 5.41) is 0. The Bertz CT molecular complexity index is 367. The first-order chi connectivity index (χ1) is 8.90. The highest BCUT2D eigenvalue weighted by Crippen LogP contribution is 2.17. The Balaban J connectivity index is 2.00. The highest BCUT2D eigenvalue weighted by atomic mass is 16.5. The molecule has 1 aliphatic heterocycles. The average Bonchev–Trinajstić information content (AvgIpc) is 2.66. The van der Waals surface area contributed by atoms with Crippen LogP contribution in [0.4, 0.5) is 0 Å². The van der Waals surface area contributed by atoms with Crippen molar-refractivity contribution in [2.24, 2.45) is 0 Å². The van der Waals surface area contributed by atoms with Gasteiger partial charge in [-0.25, -0.2) is 0 Å². The third kappa shape index (κ3) is 3.88. The van der Waals surface area contributed by atoms with Crippen molar-refractivity contribution in [3.8, 4) is 5.75 Å². The van der Waals surface area contributed by atoms with Crippen LogP contribution in [0.15, 0.2) is 36.9 Å². The molecule has 0 aliphatic carbocycles. The van der Waals surface area contributed by atoms with Crippen LogP contribution in [0.25, 0.3) is 0 Å². The third-order valence-corrected chi connectivity index (χ3v) is 3.58. The van der Waals surface area contributed by atoms with E-state index in [0.717, 1.165) is 12.3 Å². The molecule has 2 nitrogen and oxygen atoms in total. The van der Waals surface area contributed by atoms with E-state index in [9.17, 15) is 0 Å². The molecule has 1 aliphatic rings. The molecule has 18 heavy (non-hydrogen) atoms. The van der Waals surface area contributed by atoms with E-state index in [1.54, 1.807) is 11.0 Å². The van der Waals surface area contributed by atoms with Crippen LogP contribution < -0.4 is 9.64 Å². The Kier molecular flexibility index (Phi) is 5.28. The zero-order chi connectivity index (χ0) is 12.6. The second-order valence-electron chi connectivity index (χ2n) is 5.05. The summed E-state index contributed by atoms with van der Waals surface area (Å²) in [6.45, 7) is 7.99. The molecule has 1 N–H and O–H groups in total. The average molecular weight is 246 g/mol. The fourth-order valence-electron chi connectivity index (χ4n) is 2.61. The minimum atomic E-state index is 0.590. The van der Waals surface area contributed by atoms with E-state index in [0.29, 0.717) is 6.61 Å². The quantitative estimate of drug-likeness (QED) is 0.786. The first kappa shape index (κ1) is 13.2. The van der Waals surface area contributed by atoms with Gasteiger partial charge in [-0.2, -0.15) is 0 Å². The van der Waals surface area contributed by atoms with Crippen molar-refractivity contribution < 1.29 is 9.64 Å². The smallest absolute Gasteiger partial charge is 0.128 e. The zero-order valence-electron chi connectivity index (χ0n) is 11.2. The van der Waals surface area contributed by atoms with Gasteiger partial charge in [0.15, 0.2) is 0 Å². The van der Waals surface area contributed by atoms with Gasteiger partial charge in [0.2, 0.25) is 0 Å². The second-order valence-corrected chi connectivity index (χ2v) is 5.05. The summed E-state index contributed by atoms with van der Waals surface area (Å²) in [5.41, 5.74) is 1.33. The van der Waals surface area contributed by atoms with Gasteiger partial charge in [-0.05, 0) is 37.8 Å². The molecule has 0 amide bonds. The number of para-hydroxylation sites is 1. The minimum Gasteiger partial charge on any atom is -0.489 e. The van der Waals surface area contributed by atoms with Crippen molar-refractivity contribution in [2.45, 2.75) is 32.2 Å². The molecular weight excluding hydrogens is 222 g/mol. The summed E-state index contributed by atoms with van der Waals surface area (Å²) < 4.78 is 5.73. The first-order valence-electron chi connectivity index (χ1n) is 7.05. The van der Waals surface area contributed by atoms with Gasteiger partial charge in [-0.15, -0.1) is 0 Å². The van der Waals surface area contributed by atoms with Crippen molar-refractivity contribution in [2.75, 3.05) is 19.7 Å². The largest absolute Gasteiger partial charge is 0.489 e. The van der Waals surface area contributed by atoms with Crippen LogP contribution in [-0.4, -0.2) is 19.7 Å². The van der Waals surface area contributed by atoms with Gasteiger partial charge >= 0.3 is 0 Å². The molecule has 0 unspecified atom stereocenters. The monoisotopic (exact) mass is 246 g/mol. The van der Waals surface area contributed by atoms with Crippen LogP contribution in [0.1, 0.15) is 31.2 Å². The number of likely N-dealkylation sites (tertiary alicyclic amines) is 1. The fourth-order valence-corrected chi connectivity index (χ4v) is 2.61. The number of hydrogen-bond acceptors (Lipinski definition) is 1. The molecule has 0 bridgehead atoms. The molecule has 1 aromatic carbocycles. The third-order valence-electron chi connectivity index (χ3n) is 3.58. The van der Waals surface area contributed by atoms with Crippen LogP contribution >= 0.6 is 0 Å². The molecule has 2 heteroatoms. The number of ether oxygens (including phenoxy) is 1. The summed E-state index contributed by atoms with van der Waals surface area (Å²) in [4.78, 5) is 1.70. The summed E-state index contributed by atoms with van der Waals surface area (Å²) in [5.74, 6) is 1.02. The van der Waals surface area contributed by atoms with E-state index >= 15 is 0 Å². The van der Waals surface area contributed by atoms with E-state index < -0.39 is 0 Å². The van der Waals surface area contributed by atoms with Crippen LogP contribution in [0.3, 0.4) is 0 Å². The molecule has 1 aromatic rings. The fraction of sp³-hybridized carbons (Fsp3) is 0.500. The first-order valence-corrected chi connectivity index (χ1v) is 7.05. The van der Waals surface area contributed by atoms with Crippen molar-refractivity contribution in [3.05, 3.63) is 42.5 Å². The highest BCUT2D eigenvalue weighted by molar-refractivity contribution is 5.32. The predicted molar refractivity (Wildman–Crippen MR) is 75.0 cm³/mol. The number of benzene rings is 1. The zero-order valence-corrected chi connectivity index (χ0v) is 11.2. The Labute approximate surface area is 110 Å². The lowest BCUT2D eigenvalue weighted by Crippen LogP contribution is -3.10. The van der Waals surface area contributed by atoms with Gasteiger partial charge in [-0.3, -0.25) is 0 Å². The Hall–Kier alpha value is -1.28. The summed E-state index contributed by atoms with van der Waals surface area (Å²) in [6, 6.07) is 8.40. The van der Waals surface area contributed by atoms with Gasteiger partial charge in [0.1, 0.15) is 18.9 Å². The van der Waals surface area contributed by atoms with Crippen molar-refractivity contribution >= 4 is 0 Å². The highest BCUT2D eigenvalue weighted by Gasteiger charge is 2.14. The lowest BCUT2D eigenvalue weighted by Gasteiger charge is -2.18. The maximum Gasteiger partial charge on any atom is 0.128 e. The number of quaternary nitrogens is 1. The molecular formula is C16H24NO+. The molecule has 1 saturated heterocycles. The van der Waals surface area contributed by atoms with E-state index in [1.807, 2.05) is 6.07 Å². The SMILES string of the molecule is C=CCOc1ccccc1C[NH+]1CCCCCC1. The van der Waals surface area contributed by atoms with Crippen molar-refractivity contribution in [1.82, 2.24) is 0 Å². The molecule has 0 spiro atoms. The minimum absolute atomic E-state index is 0.590. The molecule has 0 aromatic heterocycles. The van der Waals surface area contributed by atoms with E-state index in [1.165, 1.54) is 44.3 Å². The van der Waals surface area contributed by atoms with Gasteiger partial charge < -0.3 is 9.64 Å². The van der Waals surface area contributed by atoms with Crippen molar-refractivity contribution in [1.29, 1.82) is 0 Å². The predicted octanol–water partition coefficient (Wildman–Crippen LogP) is 2.21. The molecule has 0 saturated carbocycles. The van der Waals surface area contributed by atoms with E-state index in [2.05, 4.69) is 24.8 Å². The summed E-state index contributed by atoms with van der Waals surface area (Å²) in [7, 11) is 0. The second kappa shape index (κ2) is 7.22. The van der Waals surface area contributed by atoms with Gasteiger partial charge in [0.25, 0.3) is 0 Å². The Morgan fingerprint density at radius 3 is 2.56 bits per heavy atom. The van der Waals surface area contributed by atoms with Gasteiger partial charge in [0.05, 0.1) is 13.1 Å². The van der Waals surface area contributed by atoms with Crippen LogP contribution in [0.5, 0.6) is 5.75 Å². The molecule has 1 fully saturated rings. The number of hydrogen-bond donors (Lipinski definition) is 1. The molecule has 0 radical (unpaired) electrons. The molecule has 98 valence electrons. The maximum atomic E-state index is 5.73. The molecule has 2 rings (SSSR count). The normalized spacial score (nSPS) is 17.1. The Morgan fingerprint density at radius 2 is 1.83 bits per heavy atom. The van der Waals surface area contributed by atoms with Crippen LogP contribution in [0, 0.1) is 0 Å². The van der Waals surface area contributed by atoms with Gasteiger partial charge in [0, 0.05) is 5.56 Å². The Morgan fingerprint density at radius 1 is 1.11 bits per heavy atom. The molecule has 1 heterocycles. The summed E-state index contributed by atoms with van der Waals surface area (Å²) >= 11 is 0. The van der Waals surface area contributed by atoms with Crippen LogP contribution in [-0.2, 0) is 6.54 Å². The van der Waals surface area contributed by atoms with E-state index in [-0.39, 0.29) is 0 Å². The maximum absolute atomic E-state index is 5.73. The lowest BCUT2D eigenvalue weighted by atomic mass is 10.2.